The average Bonchev–Trinajstić information content (AvgIpc) is 3.34. The lowest BCUT2D eigenvalue weighted by Gasteiger charge is -2.34. The lowest BCUT2D eigenvalue weighted by Crippen LogP contribution is -2.49. The molecule has 1 N–H and O–H groups in total. The molecule has 0 unspecified atom stereocenters. The third-order valence-electron chi connectivity index (χ3n) is 6.30. The monoisotopic (exact) mass is 463 g/mol. The summed E-state index contributed by atoms with van der Waals surface area (Å²) in [5, 5.41) is 14.3. The van der Waals surface area contributed by atoms with Gasteiger partial charge in [0.2, 0.25) is 0 Å². The van der Waals surface area contributed by atoms with Crippen LogP contribution in [0.1, 0.15) is 27.9 Å². The van der Waals surface area contributed by atoms with Crippen LogP contribution in [0.5, 0.6) is 0 Å². The highest BCUT2D eigenvalue weighted by Gasteiger charge is 2.23. The van der Waals surface area contributed by atoms with E-state index in [0.717, 1.165) is 59.7 Å². The van der Waals surface area contributed by atoms with Gasteiger partial charge in [-0.3, -0.25) is 14.7 Å². The van der Waals surface area contributed by atoms with Gasteiger partial charge in [-0.05, 0) is 60.9 Å². The van der Waals surface area contributed by atoms with Crippen LogP contribution in [-0.2, 0) is 6.42 Å². The molecule has 170 valence electrons. The minimum atomic E-state index is 0.0699. The highest BCUT2D eigenvalue weighted by atomic mass is 35.5. The molecule has 7 nitrogen and oxygen atoms in total. The summed E-state index contributed by atoms with van der Waals surface area (Å²) >= 11 is 5.98. The molecule has 1 saturated heterocycles. The Kier molecular flexibility index (Phi) is 6.26. The molecule has 5 rings (SSSR count). The number of carbonyl (C=O) groups is 1. The molecular weight excluding hydrogens is 438 g/mol. The Bertz CT molecular complexity index is 1180. The van der Waals surface area contributed by atoms with Gasteiger partial charge in [0.15, 0.2) is 0 Å². The van der Waals surface area contributed by atoms with Crippen LogP contribution in [0, 0.1) is 0 Å². The fourth-order valence-electron chi connectivity index (χ4n) is 4.40. The molecule has 0 atom stereocenters. The quantitative estimate of drug-likeness (QED) is 0.629. The number of benzene rings is 2. The maximum absolute atomic E-state index is 13.0. The number of amides is 1. The van der Waals surface area contributed by atoms with Gasteiger partial charge in [-0.15, -0.1) is 0 Å². The van der Waals surface area contributed by atoms with E-state index < -0.39 is 0 Å². The minimum absolute atomic E-state index is 0.0699. The second-order valence-corrected chi connectivity index (χ2v) is 8.85. The molecule has 3 heterocycles. The molecule has 1 amide bonds. The van der Waals surface area contributed by atoms with Gasteiger partial charge >= 0.3 is 0 Å². The van der Waals surface area contributed by atoms with Gasteiger partial charge in [0.25, 0.3) is 5.91 Å². The van der Waals surface area contributed by atoms with Crippen molar-refractivity contribution in [1.82, 2.24) is 19.6 Å². The van der Waals surface area contributed by atoms with Crippen molar-refractivity contribution in [2.24, 2.45) is 4.99 Å². The van der Waals surface area contributed by atoms with E-state index in [2.05, 4.69) is 10.00 Å². The van der Waals surface area contributed by atoms with Gasteiger partial charge in [0.1, 0.15) is 0 Å². The summed E-state index contributed by atoms with van der Waals surface area (Å²) in [6, 6.07) is 13.4. The molecular formula is C25H26ClN5O2. The first kappa shape index (κ1) is 21.8. The molecule has 0 radical (unpaired) electrons. The lowest BCUT2D eigenvalue weighted by atomic mass is 9.97. The normalized spacial score (nSPS) is 16.4. The topological polar surface area (TPSA) is 74.0 Å². The molecule has 0 bridgehead atoms. The van der Waals surface area contributed by atoms with Gasteiger partial charge < -0.3 is 10.0 Å². The zero-order valence-electron chi connectivity index (χ0n) is 18.3. The number of aliphatic hydroxyl groups excluding tert-OH is 1. The standard InChI is InChI=1S/C25H26ClN5O2/c26-21-3-5-22(6-4-21)31-17-20(16-27-31)24-7-1-18-15-19(2-8-23(18)28-24)25(33)30-11-9-29(10-12-30)13-14-32/h2-6,8,15-17,32H,1,7,9-14H2. The molecule has 33 heavy (non-hydrogen) atoms. The van der Waals surface area contributed by atoms with Crippen molar-refractivity contribution >= 4 is 28.9 Å². The smallest absolute Gasteiger partial charge is 0.253 e. The molecule has 2 aliphatic heterocycles. The van der Waals surface area contributed by atoms with E-state index in [4.69, 9.17) is 21.7 Å². The van der Waals surface area contributed by atoms with E-state index in [9.17, 15) is 4.79 Å². The van der Waals surface area contributed by atoms with E-state index in [1.54, 1.807) is 0 Å². The van der Waals surface area contributed by atoms with Crippen LogP contribution >= 0.6 is 11.6 Å². The number of aliphatic imine (C=N–C) groups is 1. The first-order chi connectivity index (χ1) is 16.1. The number of rotatable bonds is 5. The van der Waals surface area contributed by atoms with E-state index in [0.29, 0.717) is 24.7 Å². The molecule has 0 aliphatic carbocycles. The Hall–Kier alpha value is -3.00. The Morgan fingerprint density at radius 2 is 1.82 bits per heavy atom. The number of β-amino-alcohol motifs (C(OH)–C–C–N with tert-alkyl or cyclic N) is 1. The van der Waals surface area contributed by atoms with Crippen molar-refractivity contribution in [3.05, 3.63) is 76.6 Å². The van der Waals surface area contributed by atoms with Crippen molar-refractivity contribution in [3.8, 4) is 5.69 Å². The molecule has 0 spiro atoms. The predicted octanol–water partition coefficient (Wildman–Crippen LogP) is 3.34. The number of halogens is 1. The predicted molar refractivity (Wildman–Crippen MR) is 129 cm³/mol. The summed E-state index contributed by atoms with van der Waals surface area (Å²) in [5.41, 5.74) is 5.69. The Balaban J connectivity index is 1.30. The average molecular weight is 464 g/mol. The van der Waals surface area contributed by atoms with Gasteiger partial charge in [0, 0.05) is 55.1 Å². The Morgan fingerprint density at radius 1 is 1.03 bits per heavy atom. The Morgan fingerprint density at radius 3 is 2.58 bits per heavy atom. The number of aryl methyl sites for hydroxylation is 1. The number of nitrogens with zero attached hydrogens (tertiary/aromatic N) is 5. The second-order valence-electron chi connectivity index (χ2n) is 8.41. The van der Waals surface area contributed by atoms with Crippen LogP contribution < -0.4 is 0 Å². The summed E-state index contributed by atoms with van der Waals surface area (Å²) in [6.45, 7) is 3.80. The fraction of sp³-hybridized carbons (Fsp3) is 0.320. The molecule has 8 heteroatoms. The third kappa shape index (κ3) is 4.71. The number of hydrogen-bond acceptors (Lipinski definition) is 5. The van der Waals surface area contributed by atoms with E-state index in [-0.39, 0.29) is 12.5 Å². The summed E-state index contributed by atoms with van der Waals surface area (Å²) in [5.74, 6) is 0.0699. The number of piperazine rings is 1. The first-order valence-corrected chi connectivity index (χ1v) is 11.6. The van der Waals surface area contributed by atoms with E-state index in [1.807, 2.05) is 64.4 Å². The van der Waals surface area contributed by atoms with Crippen LogP contribution in [0.3, 0.4) is 0 Å². The zero-order chi connectivity index (χ0) is 22.8. The minimum Gasteiger partial charge on any atom is -0.395 e. The maximum atomic E-state index is 13.0. The molecule has 0 saturated carbocycles. The highest BCUT2D eigenvalue weighted by molar-refractivity contribution is 6.30. The number of aromatic nitrogens is 2. The second kappa shape index (κ2) is 9.47. The van der Waals surface area contributed by atoms with Crippen LogP contribution in [0.15, 0.2) is 59.9 Å². The number of fused-ring (bicyclic) bond motifs is 1. The lowest BCUT2D eigenvalue weighted by molar-refractivity contribution is 0.0615. The van der Waals surface area contributed by atoms with Crippen molar-refractivity contribution in [2.75, 3.05) is 39.3 Å². The van der Waals surface area contributed by atoms with E-state index in [1.165, 1.54) is 0 Å². The first-order valence-electron chi connectivity index (χ1n) is 11.2. The summed E-state index contributed by atoms with van der Waals surface area (Å²) < 4.78 is 1.83. The molecule has 3 aromatic rings. The van der Waals surface area contributed by atoms with Crippen molar-refractivity contribution in [1.29, 1.82) is 0 Å². The largest absolute Gasteiger partial charge is 0.395 e. The van der Waals surface area contributed by atoms with E-state index >= 15 is 0 Å². The van der Waals surface area contributed by atoms with Crippen LogP contribution in [0.4, 0.5) is 5.69 Å². The molecule has 1 fully saturated rings. The van der Waals surface area contributed by atoms with Gasteiger partial charge in [-0.25, -0.2) is 4.68 Å². The molecule has 2 aliphatic rings. The summed E-state index contributed by atoms with van der Waals surface area (Å²) in [4.78, 5) is 21.9. The van der Waals surface area contributed by atoms with Gasteiger partial charge in [0.05, 0.1) is 29.9 Å². The van der Waals surface area contributed by atoms with Crippen molar-refractivity contribution in [3.63, 3.8) is 0 Å². The number of carbonyl (C=O) groups excluding carboxylic acids is 1. The zero-order valence-corrected chi connectivity index (χ0v) is 19.1. The van der Waals surface area contributed by atoms with Crippen LogP contribution in [-0.4, -0.2) is 75.6 Å². The highest BCUT2D eigenvalue weighted by Crippen LogP contribution is 2.29. The third-order valence-corrected chi connectivity index (χ3v) is 6.55. The Labute approximate surface area is 197 Å². The van der Waals surface area contributed by atoms with Gasteiger partial charge in [-0.1, -0.05) is 11.6 Å². The van der Waals surface area contributed by atoms with Crippen molar-refractivity contribution in [2.45, 2.75) is 12.8 Å². The number of hydrogen-bond donors (Lipinski definition) is 1. The van der Waals surface area contributed by atoms with Gasteiger partial charge in [-0.2, -0.15) is 5.10 Å². The molecule has 2 aromatic carbocycles. The molecule has 1 aromatic heterocycles. The fourth-order valence-corrected chi connectivity index (χ4v) is 4.52. The van der Waals surface area contributed by atoms with Crippen LogP contribution in [0.25, 0.3) is 5.69 Å². The summed E-state index contributed by atoms with van der Waals surface area (Å²) in [6.07, 6.45) is 5.47. The SMILES string of the molecule is O=C(c1ccc2c(c1)CCC(c1cnn(-c3ccc(Cl)cc3)c1)=N2)N1CCN(CCO)CC1. The maximum Gasteiger partial charge on any atom is 0.253 e. The number of aliphatic hydroxyl groups is 1. The summed E-state index contributed by atoms with van der Waals surface area (Å²) in [7, 11) is 0. The van der Waals surface area contributed by atoms with Crippen molar-refractivity contribution < 1.29 is 9.90 Å². The van der Waals surface area contributed by atoms with Crippen LogP contribution in [0.2, 0.25) is 5.02 Å².